The third-order valence-corrected chi connectivity index (χ3v) is 3.27. The molecule has 0 saturated heterocycles. The van der Waals surface area contributed by atoms with Gasteiger partial charge >= 0.3 is 0 Å². The number of benzene rings is 1. The van der Waals surface area contributed by atoms with Gasteiger partial charge in [-0.05, 0) is 29.7 Å². The number of rotatable bonds is 3. The van der Waals surface area contributed by atoms with Gasteiger partial charge in [0.15, 0.2) is 5.69 Å². The number of aliphatic imine (C=N–C) groups is 1. The zero-order valence-corrected chi connectivity index (χ0v) is 11.3. The summed E-state index contributed by atoms with van der Waals surface area (Å²) in [6.45, 7) is 0. The number of hydrogen-bond donors (Lipinski definition) is 1. The van der Waals surface area contributed by atoms with Crippen molar-refractivity contribution in [2.75, 3.05) is 0 Å². The van der Waals surface area contributed by atoms with Crippen LogP contribution in [-0.4, -0.2) is 15.4 Å². The maximum Gasteiger partial charge on any atom is 0.283 e. The van der Waals surface area contributed by atoms with Crippen LogP contribution in [0.5, 0.6) is 0 Å². The molecule has 0 unspecified atom stereocenters. The minimum absolute atomic E-state index is 0.0154. The molecule has 0 fully saturated rings. The van der Waals surface area contributed by atoms with Crippen molar-refractivity contribution in [1.29, 1.82) is 0 Å². The summed E-state index contributed by atoms with van der Waals surface area (Å²) >= 11 is 4.09. The van der Waals surface area contributed by atoms with Gasteiger partial charge in [0, 0.05) is 4.47 Å². The van der Waals surface area contributed by atoms with E-state index in [0.29, 0.717) is 5.69 Å². The molecule has 2 rings (SSSR count). The lowest BCUT2D eigenvalue weighted by molar-refractivity contribution is 0.146. The topological polar surface area (TPSA) is 64.2 Å². The molecule has 0 aliphatic heterocycles. The highest BCUT2D eigenvalue weighted by atomic mass is 79.9. The van der Waals surface area contributed by atoms with Crippen molar-refractivity contribution in [3.05, 3.63) is 39.3 Å². The summed E-state index contributed by atoms with van der Waals surface area (Å²) in [6, 6.07) is 7.04. The van der Waals surface area contributed by atoms with E-state index in [0.717, 1.165) is 16.0 Å². The van der Waals surface area contributed by atoms with Crippen molar-refractivity contribution in [3.8, 4) is 0 Å². The molecule has 0 spiro atoms. The van der Waals surface area contributed by atoms with Crippen molar-refractivity contribution in [1.82, 2.24) is 9.59 Å². The molecular weight excluding hydrogens is 326 g/mol. The molecule has 0 aliphatic carbocycles. The van der Waals surface area contributed by atoms with Crippen LogP contribution in [-0.2, 0) is 0 Å². The predicted octanol–water partition coefficient (Wildman–Crippen LogP) is 3.28. The van der Waals surface area contributed by atoms with Crippen molar-refractivity contribution in [2.45, 2.75) is 6.43 Å². The van der Waals surface area contributed by atoms with Crippen LogP contribution >= 0.6 is 27.5 Å². The van der Waals surface area contributed by atoms with E-state index in [1.54, 1.807) is 18.2 Å². The predicted molar refractivity (Wildman–Crippen MR) is 69.4 cm³/mol. The van der Waals surface area contributed by atoms with Gasteiger partial charge in [-0.3, -0.25) is 0 Å². The van der Waals surface area contributed by atoms with Gasteiger partial charge in [0.1, 0.15) is 10.7 Å². The number of nitrogens with zero attached hydrogens (tertiary/aromatic N) is 3. The van der Waals surface area contributed by atoms with Gasteiger partial charge in [0.25, 0.3) is 6.43 Å². The Kier molecular flexibility index (Phi) is 3.97. The lowest BCUT2D eigenvalue weighted by Gasteiger charge is -2.00. The fourth-order valence-electron chi connectivity index (χ4n) is 1.25. The molecule has 4 nitrogen and oxygen atoms in total. The first-order valence-corrected chi connectivity index (χ1v) is 6.35. The molecule has 2 N–H and O–H groups in total. The van der Waals surface area contributed by atoms with E-state index in [1.807, 2.05) is 6.07 Å². The van der Waals surface area contributed by atoms with Crippen LogP contribution in [0.2, 0.25) is 0 Å². The number of aromatic nitrogens is 2. The number of nitrogens with two attached hydrogens (primary N) is 1. The molecular formula is C10H7BrF2N4S. The highest BCUT2D eigenvalue weighted by Gasteiger charge is 2.20. The Labute approximate surface area is 114 Å². The van der Waals surface area contributed by atoms with E-state index < -0.39 is 12.1 Å². The number of hydrogen-bond acceptors (Lipinski definition) is 4. The second kappa shape index (κ2) is 5.49. The normalized spacial score (nSPS) is 12.1. The van der Waals surface area contributed by atoms with Gasteiger partial charge < -0.3 is 5.73 Å². The van der Waals surface area contributed by atoms with Gasteiger partial charge in [-0.15, -0.1) is 5.10 Å². The lowest BCUT2D eigenvalue weighted by Crippen LogP contribution is -2.13. The van der Waals surface area contributed by atoms with E-state index in [1.165, 1.54) is 0 Å². The Bertz CT molecular complexity index is 585. The molecule has 0 saturated carbocycles. The SMILES string of the molecule is NC(=Nc1cccc(Br)c1)c1snnc1C(F)F. The molecule has 0 bridgehead atoms. The zero-order valence-electron chi connectivity index (χ0n) is 8.85. The molecule has 0 aliphatic rings. The van der Waals surface area contributed by atoms with Crippen LogP contribution in [0.25, 0.3) is 0 Å². The maximum absolute atomic E-state index is 12.6. The highest BCUT2D eigenvalue weighted by Crippen LogP contribution is 2.24. The van der Waals surface area contributed by atoms with Gasteiger partial charge in [0.2, 0.25) is 0 Å². The van der Waals surface area contributed by atoms with E-state index in [-0.39, 0.29) is 10.7 Å². The molecule has 0 amide bonds. The first kappa shape index (κ1) is 13.0. The highest BCUT2D eigenvalue weighted by molar-refractivity contribution is 9.10. The average molecular weight is 333 g/mol. The molecule has 0 atom stereocenters. The van der Waals surface area contributed by atoms with Crippen molar-refractivity contribution < 1.29 is 8.78 Å². The quantitative estimate of drug-likeness (QED) is 0.693. The Morgan fingerprint density at radius 3 is 2.89 bits per heavy atom. The van der Waals surface area contributed by atoms with Crippen LogP contribution in [0.4, 0.5) is 14.5 Å². The number of alkyl halides is 2. The summed E-state index contributed by atoms with van der Waals surface area (Å²) in [5, 5.41) is 3.34. The molecule has 94 valence electrons. The number of amidine groups is 1. The average Bonchev–Trinajstić information content (AvgIpc) is 2.77. The van der Waals surface area contributed by atoms with Gasteiger partial charge in [-0.25, -0.2) is 13.8 Å². The van der Waals surface area contributed by atoms with Gasteiger partial charge in [-0.1, -0.05) is 26.5 Å². The smallest absolute Gasteiger partial charge is 0.283 e. The molecule has 2 aromatic rings. The first-order valence-electron chi connectivity index (χ1n) is 4.78. The monoisotopic (exact) mass is 332 g/mol. The molecule has 1 aromatic carbocycles. The summed E-state index contributed by atoms with van der Waals surface area (Å²) in [7, 11) is 0. The third-order valence-electron chi connectivity index (χ3n) is 2.01. The summed E-state index contributed by atoms with van der Waals surface area (Å²) in [4.78, 5) is 4.17. The Balaban J connectivity index is 2.36. The Morgan fingerprint density at radius 1 is 1.44 bits per heavy atom. The number of halogens is 3. The summed E-state index contributed by atoms with van der Waals surface area (Å²) in [5.41, 5.74) is 5.82. The molecule has 8 heteroatoms. The molecule has 1 aromatic heterocycles. The van der Waals surface area contributed by atoms with E-state index in [2.05, 4.69) is 30.5 Å². The van der Waals surface area contributed by atoms with Crippen molar-refractivity contribution in [3.63, 3.8) is 0 Å². The molecule has 18 heavy (non-hydrogen) atoms. The summed E-state index contributed by atoms with van der Waals surface area (Å²) in [6.07, 6.45) is -2.71. The van der Waals surface area contributed by atoms with E-state index >= 15 is 0 Å². The largest absolute Gasteiger partial charge is 0.382 e. The zero-order chi connectivity index (χ0) is 13.1. The second-order valence-corrected chi connectivity index (χ2v) is 4.93. The van der Waals surface area contributed by atoms with Crippen molar-refractivity contribution >= 4 is 39.0 Å². The van der Waals surface area contributed by atoms with Gasteiger partial charge in [-0.2, -0.15) is 0 Å². The fraction of sp³-hybridized carbons (Fsp3) is 0.100. The first-order chi connectivity index (χ1) is 8.58. The lowest BCUT2D eigenvalue weighted by atomic mass is 10.3. The third kappa shape index (κ3) is 2.88. The van der Waals surface area contributed by atoms with E-state index in [9.17, 15) is 8.78 Å². The standard InChI is InChI=1S/C10H7BrF2N4S/c11-5-2-1-3-6(4-5)15-10(14)8-7(9(12)13)16-17-18-8/h1-4,9H,(H2,14,15). The van der Waals surface area contributed by atoms with Gasteiger partial charge in [0.05, 0.1) is 5.69 Å². The minimum atomic E-state index is -2.71. The molecule has 1 heterocycles. The van der Waals surface area contributed by atoms with Crippen LogP contribution in [0, 0.1) is 0 Å². The second-order valence-electron chi connectivity index (χ2n) is 3.26. The fourth-order valence-corrected chi connectivity index (χ4v) is 2.21. The van der Waals surface area contributed by atoms with E-state index in [4.69, 9.17) is 5.73 Å². The van der Waals surface area contributed by atoms with Crippen LogP contribution in [0.1, 0.15) is 17.0 Å². The van der Waals surface area contributed by atoms with Crippen LogP contribution < -0.4 is 5.73 Å². The summed E-state index contributed by atoms with van der Waals surface area (Å²) < 4.78 is 29.5. The van der Waals surface area contributed by atoms with Crippen LogP contribution in [0.3, 0.4) is 0 Å². The molecule has 0 radical (unpaired) electrons. The Hall–Kier alpha value is -1.41. The Morgan fingerprint density at radius 2 is 2.22 bits per heavy atom. The van der Waals surface area contributed by atoms with Crippen molar-refractivity contribution in [2.24, 2.45) is 10.7 Å². The minimum Gasteiger partial charge on any atom is -0.382 e. The maximum atomic E-state index is 12.6. The van der Waals surface area contributed by atoms with Crippen LogP contribution in [0.15, 0.2) is 33.7 Å². The summed E-state index contributed by atoms with van der Waals surface area (Å²) in [5.74, 6) is -0.0154.